The van der Waals surface area contributed by atoms with E-state index in [0.29, 0.717) is 25.6 Å². The molecule has 3 N–H and O–H groups in total. The molecule has 4 rings (SSSR count). The number of fused-ring (bicyclic) bond motifs is 1. The van der Waals surface area contributed by atoms with Crippen molar-refractivity contribution >= 4 is 5.91 Å². The number of rotatable bonds is 7. The molecule has 3 aliphatic rings. The first-order valence-electron chi connectivity index (χ1n) is 10.2. The maximum absolute atomic E-state index is 12.2. The summed E-state index contributed by atoms with van der Waals surface area (Å²) in [6.45, 7) is 5.56. The van der Waals surface area contributed by atoms with Crippen molar-refractivity contribution in [2.24, 2.45) is 5.73 Å². The molecule has 7 heteroatoms. The number of dihydropyridines is 1. The fourth-order valence-corrected chi connectivity index (χ4v) is 4.23. The monoisotopic (exact) mass is 383 g/mol. The molecule has 1 saturated heterocycles. The molecule has 3 aliphatic heterocycles. The zero-order valence-electron chi connectivity index (χ0n) is 16.3. The van der Waals surface area contributed by atoms with Crippen LogP contribution < -0.4 is 15.8 Å². The number of ether oxygens (including phenoxy) is 1. The number of carbonyl (C=O) groups excluding carboxylic acids is 1. The number of likely N-dealkylation sites (tertiary alicyclic amines) is 1. The molecule has 150 valence electrons. The second-order valence-corrected chi connectivity index (χ2v) is 7.67. The quantitative estimate of drug-likeness (QED) is 0.688. The van der Waals surface area contributed by atoms with Gasteiger partial charge in [-0.15, -0.1) is 0 Å². The van der Waals surface area contributed by atoms with Crippen LogP contribution >= 0.6 is 0 Å². The van der Waals surface area contributed by atoms with Gasteiger partial charge in [-0.1, -0.05) is 12.1 Å². The lowest BCUT2D eigenvalue weighted by Crippen LogP contribution is -2.65. The molecule has 1 fully saturated rings. The van der Waals surface area contributed by atoms with E-state index in [1.165, 1.54) is 25.9 Å². The minimum absolute atomic E-state index is 0.400. The number of allylic oxidation sites excluding steroid dienone is 2. The number of carbonyl (C=O) groups is 1. The Morgan fingerprint density at radius 1 is 1.25 bits per heavy atom. The molecule has 28 heavy (non-hydrogen) atoms. The molecule has 0 bridgehead atoms. The highest BCUT2D eigenvalue weighted by Crippen LogP contribution is 2.27. The average molecular weight is 383 g/mol. The number of nitrogens with zero attached hydrogens (tertiary/aromatic N) is 3. The number of aromatic nitrogens is 1. The fourth-order valence-electron chi connectivity index (χ4n) is 4.23. The third kappa shape index (κ3) is 3.91. The standard InChI is InChI=1S/C21H29N5O2/c22-20(27)21(9-1-2-10-23-21)26-14-8-18-17(16-26)6-7-19(24-18)28-15-5-13-25-11-3-4-12-25/h1-2,6-7,9-10,23H,3-5,8,11-16H2,(H2,22,27). The zero-order chi connectivity index (χ0) is 19.4. The summed E-state index contributed by atoms with van der Waals surface area (Å²) in [6, 6.07) is 3.99. The number of amides is 1. The molecule has 0 aromatic carbocycles. The summed E-state index contributed by atoms with van der Waals surface area (Å²) in [4.78, 5) is 21.4. The minimum Gasteiger partial charge on any atom is -0.478 e. The second-order valence-electron chi connectivity index (χ2n) is 7.67. The highest BCUT2D eigenvalue weighted by atomic mass is 16.5. The molecule has 0 spiro atoms. The summed E-state index contributed by atoms with van der Waals surface area (Å²) >= 11 is 0. The molecule has 1 amide bonds. The van der Waals surface area contributed by atoms with Crippen LogP contribution in [0.25, 0.3) is 0 Å². The van der Waals surface area contributed by atoms with Gasteiger partial charge in [-0.3, -0.25) is 9.69 Å². The van der Waals surface area contributed by atoms with Gasteiger partial charge in [0.05, 0.1) is 12.3 Å². The van der Waals surface area contributed by atoms with Crippen LogP contribution in [0.5, 0.6) is 5.88 Å². The van der Waals surface area contributed by atoms with E-state index in [4.69, 9.17) is 15.5 Å². The SMILES string of the molecule is NC(=O)C1(N2CCc3nc(OCCCN4CCCC4)ccc3C2)C=CC=CN1. The molecule has 1 unspecified atom stereocenters. The van der Waals surface area contributed by atoms with Crippen molar-refractivity contribution < 1.29 is 9.53 Å². The van der Waals surface area contributed by atoms with Gasteiger partial charge >= 0.3 is 0 Å². The molecule has 4 heterocycles. The lowest BCUT2D eigenvalue weighted by molar-refractivity contribution is -0.129. The van der Waals surface area contributed by atoms with Crippen LogP contribution in [0.4, 0.5) is 0 Å². The Morgan fingerprint density at radius 2 is 2.11 bits per heavy atom. The Morgan fingerprint density at radius 3 is 2.86 bits per heavy atom. The molecule has 1 aromatic rings. The van der Waals surface area contributed by atoms with E-state index in [-0.39, 0.29) is 0 Å². The minimum atomic E-state index is -0.975. The molecule has 1 aromatic heterocycles. The van der Waals surface area contributed by atoms with Crippen molar-refractivity contribution in [1.82, 2.24) is 20.1 Å². The second kappa shape index (κ2) is 8.32. The van der Waals surface area contributed by atoms with Gasteiger partial charge in [0.15, 0.2) is 5.66 Å². The lowest BCUT2D eigenvalue weighted by atomic mass is 9.98. The van der Waals surface area contributed by atoms with E-state index in [1.807, 2.05) is 24.3 Å². The predicted octanol–water partition coefficient (Wildman–Crippen LogP) is 1.16. The first-order valence-corrected chi connectivity index (χ1v) is 10.2. The highest BCUT2D eigenvalue weighted by Gasteiger charge is 2.41. The Kier molecular flexibility index (Phi) is 5.64. The number of primary amides is 1. The normalized spacial score (nSPS) is 24.7. The Labute approximate surface area is 166 Å². The van der Waals surface area contributed by atoms with E-state index in [9.17, 15) is 4.79 Å². The highest BCUT2D eigenvalue weighted by molar-refractivity contribution is 5.87. The van der Waals surface area contributed by atoms with Crippen molar-refractivity contribution in [2.75, 3.05) is 32.8 Å². The summed E-state index contributed by atoms with van der Waals surface area (Å²) in [5.41, 5.74) is 6.90. The van der Waals surface area contributed by atoms with Crippen LogP contribution in [0.3, 0.4) is 0 Å². The van der Waals surface area contributed by atoms with Crippen LogP contribution in [0.1, 0.15) is 30.5 Å². The van der Waals surface area contributed by atoms with Gasteiger partial charge in [-0.2, -0.15) is 0 Å². The van der Waals surface area contributed by atoms with Crippen LogP contribution in [0, 0.1) is 0 Å². The molecule has 1 atom stereocenters. The first-order chi connectivity index (χ1) is 13.7. The summed E-state index contributed by atoms with van der Waals surface area (Å²) in [7, 11) is 0. The smallest absolute Gasteiger partial charge is 0.262 e. The van der Waals surface area contributed by atoms with Gasteiger partial charge < -0.3 is 20.7 Å². The van der Waals surface area contributed by atoms with Gasteiger partial charge in [-0.05, 0) is 56.3 Å². The van der Waals surface area contributed by atoms with E-state index >= 15 is 0 Å². The molecular formula is C21H29N5O2. The van der Waals surface area contributed by atoms with E-state index in [0.717, 1.165) is 30.6 Å². The maximum Gasteiger partial charge on any atom is 0.262 e. The number of hydrogen-bond acceptors (Lipinski definition) is 6. The topological polar surface area (TPSA) is 83.7 Å². The van der Waals surface area contributed by atoms with E-state index in [1.54, 1.807) is 6.20 Å². The summed E-state index contributed by atoms with van der Waals surface area (Å²) in [6.07, 6.45) is 11.7. The van der Waals surface area contributed by atoms with E-state index < -0.39 is 11.6 Å². The van der Waals surface area contributed by atoms with Gasteiger partial charge in [0.2, 0.25) is 5.88 Å². The Hall–Kier alpha value is -2.38. The summed E-state index contributed by atoms with van der Waals surface area (Å²) < 4.78 is 5.87. The van der Waals surface area contributed by atoms with Crippen LogP contribution in [0.2, 0.25) is 0 Å². The molecule has 0 saturated carbocycles. The first kappa shape index (κ1) is 19.0. The van der Waals surface area contributed by atoms with Crippen LogP contribution in [-0.2, 0) is 17.8 Å². The van der Waals surface area contributed by atoms with Gasteiger partial charge in [0.25, 0.3) is 5.91 Å². The number of hydrogen-bond donors (Lipinski definition) is 2. The largest absolute Gasteiger partial charge is 0.478 e. The summed E-state index contributed by atoms with van der Waals surface area (Å²) in [5, 5.41) is 3.14. The summed E-state index contributed by atoms with van der Waals surface area (Å²) in [5.74, 6) is 0.291. The average Bonchev–Trinajstić information content (AvgIpc) is 3.24. The maximum atomic E-state index is 12.2. The van der Waals surface area contributed by atoms with Gasteiger partial charge in [0.1, 0.15) is 0 Å². The van der Waals surface area contributed by atoms with E-state index in [2.05, 4.69) is 21.2 Å². The molecule has 7 nitrogen and oxygen atoms in total. The number of nitrogens with one attached hydrogen (secondary N) is 1. The Bertz CT molecular complexity index is 772. The van der Waals surface area contributed by atoms with Crippen molar-refractivity contribution in [3.05, 3.63) is 47.8 Å². The van der Waals surface area contributed by atoms with Crippen molar-refractivity contribution in [3.8, 4) is 5.88 Å². The number of nitrogens with two attached hydrogens (primary N) is 1. The van der Waals surface area contributed by atoms with Gasteiger partial charge in [-0.25, -0.2) is 4.98 Å². The van der Waals surface area contributed by atoms with Crippen molar-refractivity contribution in [1.29, 1.82) is 0 Å². The van der Waals surface area contributed by atoms with Crippen LogP contribution in [0.15, 0.2) is 36.6 Å². The number of pyridine rings is 1. The lowest BCUT2D eigenvalue weighted by Gasteiger charge is -2.42. The zero-order valence-corrected chi connectivity index (χ0v) is 16.3. The molecular weight excluding hydrogens is 354 g/mol. The predicted molar refractivity (Wildman–Crippen MR) is 107 cm³/mol. The Balaban J connectivity index is 1.35. The molecule has 0 radical (unpaired) electrons. The van der Waals surface area contributed by atoms with Crippen molar-refractivity contribution in [2.45, 2.75) is 37.9 Å². The third-order valence-corrected chi connectivity index (χ3v) is 5.81. The van der Waals surface area contributed by atoms with Crippen LogP contribution in [-0.4, -0.2) is 59.1 Å². The third-order valence-electron chi connectivity index (χ3n) is 5.81. The van der Waals surface area contributed by atoms with Gasteiger partial charge in [0, 0.05) is 32.1 Å². The fraction of sp³-hybridized carbons (Fsp3) is 0.524. The molecule has 0 aliphatic carbocycles. The van der Waals surface area contributed by atoms with Crippen molar-refractivity contribution in [3.63, 3.8) is 0 Å².